The molecule has 10 heteroatoms. The number of hydrazone groups is 1. The van der Waals surface area contributed by atoms with Crippen molar-refractivity contribution in [2.24, 2.45) is 10.9 Å². The molecule has 1 aromatic carbocycles. The largest absolute Gasteiger partial charge is 0.573 e. The third kappa shape index (κ3) is 3.90. The van der Waals surface area contributed by atoms with Crippen LogP contribution >= 0.6 is 23.2 Å². The summed E-state index contributed by atoms with van der Waals surface area (Å²) in [5, 5.41) is 12.7. The minimum absolute atomic E-state index is 0.361. The van der Waals surface area contributed by atoms with Crippen LogP contribution in [0.5, 0.6) is 5.75 Å². The van der Waals surface area contributed by atoms with Crippen LogP contribution in [-0.2, 0) is 4.79 Å². The van der Waals surface area contributed by atoms with E-state index in [0.29, 0.717) is 0 Å². The molecule has 0 spiro atoms. The van der Waals surface area contributed by atoms with Crippen LogP contribution in [0.4, 0.5) is 13.2 Å². The first-order valence-electron chi connectivity index (χ1n) is 4.40. The molecule has 0 atom stereocenters. The monoisotopic (exact) mass is 315 g/mol. The molecule has 19 heavy (non-hydrogen) atoms. The molecule has 0 bridgehead atoms. The van der Waals surface area contributed by atoms with Gasteiger partial charge < -0.3 is 20.5 Å². The zero-order valence-corrected chi connectivity index (χ0v) is 10.3. The van der Waals surface area contributed by atoms with Gasteiger partial charge in [0.2, 0.25) is 0 Å². The van der Waals surface area contributed by atoms with E-state index in [-0.39, 0.29) is 5.56 Å². The Morgan fingerprint density at radius 2 is 1.79 bits per heavy atom. The molecule has 0 amide bonds. The van der Waals surface area contributed by atoms with E-state index in [1.165, 1.54) is 0 Å². The smallest absolute Gasteiger partial charge is 0.543 e. The highest BCUT2D eigenvalue weighted by Gasteiger charge is 2.31. The summed E-state index contributed by atoms with van der Waals surface area (Å²) in [6.45, 7) is 0. The van der Waals surface area contributed by atoms with Gasteiger partial charge in [0.15, 0.2) is 0 Å². The van der Waals surface area contributed by atoms with Gasteiger partial charge in [0, 0.05) is 5.56 Å². The number of carboxylic acids is 1. The van der Waals surface area contributed by atoms with Crippen LogP contribution < -0.4 is 15.7 Å². The van der Waals surface area contributed by atoms with Crippen molar-refractivity contribution in [3.63, 3.8) is 0 Å². The number of carbonyl (C=O) groups excluding carboxylic acids is 1. The van der Waals surface area contributed by atoms with Crippen LogP contribution in [0.15, 0.2) is 17.2 Å². The number of aliphatic carboxylic acids is 1. The second-order valence-corrected chi connectivity index (χ2v) is 3.89. The Bertz CT molecular complexity index is 523. The van der Waals surface area contributed by atoms with Gasteiger partial charge >= 0.3 is 6.36 Å². The van der Waals surface area contributed by atoms with Crippen molar-refractivity contribution in [3.8, 4) is 5.75 Å². The molecule has 0 saturated heterocycles. The number of hydrogen-bond acceptors (Lipinski definition) is 5. The summed E-state index contributed by atoms with van der Waals surface area (Å²) in [5.41, 5.74) is -1.16. The average molecular weight is 316 g/mol. The maximum Gasteiger partial charge on any atom is 0.573 e. The van der Waals surface area contributed by atoms with Crippen molar-refractivity contribution in [2.75, 3.05) is 0 Å². The summed E-state index contributed by atoms with van der Waals surface area (Å²) in [4.78, 5) is 10.7. The normalized spacial score (nSPS) is 12.4. The maximum absolute atomic E-state index is 12.0. The van der Waals surface area contributed by atoms with Crippen LogP contribution in [-0.4, -0.2) is 18.0 Å². The van der Waals surface area contributed by atoms with Crippen molar-refractivity contribution in [3.05, 3.63) is 27.7 Å². The Hall–Kier alpha value is -1.67. The van der Waals surface area contributed by atoms with Crippen LogP contribution in [0.2, 0.25) is 10.0 Å². The highest BCUT2D eigenvalue weighted by Crippen LogP contribution is 2.33. The summed E-state index contributed by atoms with van der Waals surface area (Å²) in [5.74, 6) is 2.33. The maximum atomic E-state index is 12.0. The molecular weight excluding hydrogens is 312 g/mol. The first kappa shape index (κ1) is 15.4. The number of hydrogen-bond donors (Lipinski definition) is 1. The Kier molecular flexibility index (Phi) is 4.48. The molecule has 0 aliphatic carbocycles. The van der Waals surface area contributed by atoms with Crippen molar-refractivity contribution in [1.82, 2.24) is 0 Å². The summed E-state index contributed by atoms with van der Waals surface area (Å²) in [6, 6.07) is 1.45. The second-order valence-electron chi connectivity index (χ2n) is 3.07. The first-order valence-corrected chi connectivity index (χ1v) is 5.15. The Morgan fingerprint density at radius 1 is 1.32 bits per heavy atom. The quantitative estimate of drug-likeness (QED) is 0.517. The third-order valence-corrected chi connectivity index (χ3v) is 2.40. The molecule has 104 valence electrons. The molecule has 1 rings (SSSR count). The van der Waals surface area contributed by atoms with Gasteiger partial charge in [-0.2, -0.15) is 5.10 Å². The molecule has 0 radical (unpaired) electrons. The van der Waals surface area contributed by atoms with E-state index in [1.807, 2.05) is 0 Å². The highest BCUT2D eigenvalue weighted by molar-refractivity contribution is 6.50. The molecule has 2 N–H and O–H groups in total. The van der Waals surface area contributed by atoms with Gasteiger partial charge in [-0.1, -0.05) is 23.2 Å². The van der Waals surface area contributed by atoms with Crippen molar-refractivity contribution < 1.29 is 27.8 Å². The summed E-state index contributed by atoms with van der Waals surface area (Å²) in [6.07, 6.45) is -4.94. The summed E-state index contributed by atoms with van der Waals surface area (Å²) >= 11 is 11.2. The molecule has 0 aliphatic rings. The predicted molar refractivity (Wildman–Crippen MR) is 58.9 cm³/mol. The number of carbonyl (C=O) groups is 1. The van der Waals surface area contributed by atoms with E-state index >= 15 is 0 Å². The Morgan fingerprint density at radius 3 is 2.11 bits per heavy atom. The summed E-state index contributed by atoms with van der Waals surface area (Å²) in [7, 11) is 0. The van der Waals surface area contributed by atoms with Crippen molar-refractivity contribution in [2.45, 2.75) is 6.36 Å². The van der Waals surface area contributed by atoms with E-state index in [9.17, 15) is 23.1 Å². The van der Waals surface area contributed by atoms with Gasteiger partial charge in [0.1, 0.15) is 11.5 Å². The second kappa shape index (κ2) is 5.54. The van der Waals surface area contributed by atoms with Crippen molar-refractivity contribution >= 4 is 34.9 Å². The van der Waals surface area contributed by atoms with Crippen molar-refractivity contribution in [1.29, 1.82) is 0 Å². The zero-order valence-electron chi connectivity index (χ0n) is 8.79. The Balaban J connectivity index is 3.29. The molecular formula is C9H4Cl2F3N2O3-. The molecule has 5 nitrogen and oxygen atoms in total. The lowest BCUT2D eigenvalue weighted by Gasteiger charge is -2.14. The zero-order chi connectivity index (χ0) is 14.8. The van der Waals surface area contributed by atoms with Gasteiger partial charge in [-0.3, -0.25) is 0 Å². The molecule has 0 saturated carbocycles. The first-order chi connectivity index (χ1) is 8.65. The van der Waals surface area contributed by atoms with E-state index in [0.717, 1.165) is 12.1 Å². The van der Waals surface area contributed by atoms with E-state index in [1.54, 1.807) is 0 Å². The van der Waals surface area contributed by atoms with Gasteiger partial charge in [-0.05, 0) is 12.1 Å². The SMILES string of the molecule is NN=C(C(=O)[O-])c1c(Cl)cc(OC(F)(F)F)cc1Cl. The molecule has 0 heterocycles. The van der Waals surface area contributed by atoms with Crippen LogP contribution in [0.3, 0.4) is 0 Å². The van der Waals surface area contributed by atoms with E-state index in [4.69, 9.17) is 29.0 Å². The number of nitrogens with two attached hydrogens (primary N) is 1. The number of ether oxygens (including phenoxy) is 1. The lowest BCUT2D eigenvalue weighted by Crippen LogP contribution is -2.33. The number of carboxylic acid groups (broad SMARTS) is 1. The minimum Gasteiger partial charge on any atom is -0.543 e. The van der Waals surface area contributed by atoms with Gasteiger partial charge in [-0.25, -0.2) is 0 Å². The van der Waals surface area contributed by atoms with Crippen LogP contribution in [0, 0.1) is 0 Å². The third-order valence-electron chi connectivity index (χ3n) is 1.81. The standard InChI is InChI=1S/C9H5Cl2F3N2O3/c10-4-1-3(19-9(12,13)14)2-5(11)6(4)7(16-15)8(17)18/h1-2H,15H2,(H,17,18)/p-1. The number of rotatable bonds is 3. The number of benzene rings is 1. The minimum atomic E-state index is -4.94. The Labute approximate surface area is 114 Å². The average Bonchev–Trinajstić information content (AvgIpc) is 2.20. The molecule has 0 fully saturated rings. The number of halogens is 5. The van der Waals surface area contributed by atoms with Gasteiger partial charge in [0.25, 0.3) is 0 Å². The highest BCUT2D eigenvalue weighted by atomic mass is 35.5. The lowest BCUT2D eigenvalue weighted by atomic mass is 10.1. The van der Waals surface area contributed by atoms with E-state index < -0.39 is 33.8 Å². The molecule has 0 aliphatic heterocycles. The van der Waals surface area contributed by atoms with Gasteiger partial charge in [0.05, 0.1) is 16.0 Å². The fourth-order valence-corrected chi connectivity index (χ4v) is 1.83. The fraction of sp³-hybridized carbons (Fsp3) is 0.111. The number of alkyl halides is 3. The topological polar surface area (TPSA) is 87.7 Å². The number of nitrogens with zero attached hydrogens (tertiary/aromatic N) is 1. The van der Waals surface area contributed by atoms with Crippen LogP contribution in [0.25, 0.3) is 0 Å². The molecule has 0 aromatic heterocycles. The van der Waals surface area contributed by atoms with Gasteiger partial charge in [-0.15, -0.1) is 13.2 Å². The lowest BCUT2D eigenvalue weighted by molar-refractivity contribution is -0.294. The molecule has 0 unspecified atom stereocenters. The molecule has 1 aromatic rings. The predicted octanol–water partition coefficient (Wildman–Crippen LogP) is 1.30. The fourth-order valence-electron chi connectivity index (χ4n) is 1.19. The van der Waals surface area contributed by atoms with E-state index in [2.05, 4.69) is 9.84 Å². The summed E-state index contributed by atoms with van der Waals surface area (Å²) < 4.78 is 39.6. The van der Waals surface area contributed by atoms with Crippen LogP contribution in [0.1, 0.15) is 5.56 Å².